The van der Waals surface area contributed by atoms with Crippen molar-refractivity contribution >= 4 is 17.3 Å². The molecule has 0 aromatic heterocycles. The van der Waals surface area contributed by atoms with Crippen molar-refractivity contribution in [3.8, 4) is 0 Å². The second kappa shape index (κ2) is 7.76. The number of hydrogen-bond acceptors (Lipinski definition) is 6. The fourth-order valence-electron chi connectivity index (χ4n) is 2.60. The molecule has 0 amide bonds. The van der Waals surface area contributed by atoms with Crippen LogP contribution < -0.4 is 5.32 Å². The van der Waals surface area contributed by atoms with Gasteiger partial charge in [-0.1, -0.05) is 29.8 Å². The summed E-state index contributed by atoms with van der Waals surface area (Å²) in [6.45, 7) is 3.68. The fraction of sp³-hybridized carbons (Fsp3) is 0.278. The smallest absolute Gasteiger partial charge is 0.344 e. The summed E-state index contributed by atoms with van der Waals surface area (Å²) in [5.41, 5.74) is 2.22. The minimum atomic E-state index is -0.780. The highest BCUT2D eigenvalue weighted by Gasteiger charge is 2.24. The van der Waals surface area contributed by atoms with Crippen LogP contribution >= 0.6 is 0 Å². The van der Waals surface area contributed by atoms with E-state index < -0.39 is 17.0 Å². The number of ether oxygens (including phenoxy) is 1. The van der Waals surface area contributed by atoms with Crippen molar-refractivity contribution in [2.75, 3.05) is 19.0 Å². The van der Waals surface area contributed by atoms with Crippen molar-refractivity contribution in [3.63, 3.8) is 0 Å². The second-order valence-electron chi connectivity index (χ2n) is 5.75. The number of anilines is 1. The lowest BCUT2D eigenvalue weighted by Crippen LogP contribution is -2.14. The third-order valence-corrected chi connectivity index (χ3v) is 3.81. The Hall–Kier alpha value is -2.93. The van der Waals surface area contributed by atoms with Crippen LogP contribution in [0.4, 0.5) is 11.4 Å². The van der Waals surface area contributed by atoms with Crippen LogP contribution in [0.2, 0.25) is 0 Å². The zero-order valence-electron chi connectivity index (χ0n) is 14.3. The number of aliphatic hydroxyl groups is 1. The van der Waals surface area contributed by atoms with Crippen molar-refractivity contribution in [1.29, 1.82) is 0 Å². The number of nitro groups is 1. The molecular formula is C18H20N2O5. The van der Waals surface area contributed by atoms with Crippen molar-refractivity contribution < 1.29 is 19.6 Å². The number of aryl methyl sites for hydroxylation is 2. The Labute approximate surface area is 145 Å². The maximum atomic E-state index is 11.8. The molecule has 2 aromatic carbocycles. The van der Waals surface area contributed by atoms with E-state index in [1.165, 1.54) is 13.2 Å². The van der Waals surface area contributed by atoms with Crippen LogP contribution in [0.5, 0.6) is 0 Å². The lowest BCUT2D eigenvalue weighted by atomic mass is 10.1. The summed E-state index contributed by atoms with van der Waals surface area (Å²) >= 11 is 0. The molecule has 0 saturated heterocycles. The van der Waals surface area contributed by atoms with E-state index in [1.807, 2.05) is 31.2 Å². The number of nitro benzene ring substituents is 1. The van der Waals surface area contributed by atoms with Gasteiger partial charge in [0, 0.05) is 17.8 Å². The zero-order chi connectivity index (χ0) is 18.6. The SMILES string of the molecule is COC(=O)c1cc(NCC(O)c2cccc(C)c2)cc(C)c1[N+](=O)[O-]. The molecule has 0 aliphatic rings. The highest BCUT2D eigenvalue weighted by atomic mass is 16.6. The molecule has 0 bridgehead atoms. The molecule has 0 fully saturated rings. The molecule has 0 aliphatic heterocycles. The number of aliphatic hydroxyl groups excluding tert-OH is 1. The maximum Gasteiger partial charge on any atom is 0.344 e. The summed E-state index contributed by atoms with van der Waals surface area (Å²) in [5, 5.41) is 24.5. The molecule has 0 aliphatic carbocycles. The van der Waals surface area contributed by atoms with E-state index in [0.717, 1.165) is 11.1 Å². The first-order chi connectivity index (χ1) is 11.8. The number of carbonyl (C=O) groups is 1. The van der Waals surface area contributed by atoms with Crippen LogP contribution in [0.15, 0.2) is 36.4 Å². The normalized spacial score (nSPS) is 11.7. The summed E-state index contributed by atoms with van der Waals surface area (Å²) in [5.74, 6) is -0.780. The van der Waals surface area contributed by atoms with Gasteiger partial charge in [0.1, 0.15) is 5.56 Å². The Morgan fingerprint density at radius 1 is 1.32 bits per heavy atom. The van der Waals surface area contributed by atoms with Crippen molar-refractivity contribution in [2.24, 2.45) is 0 Å². The van der Waals surface area contributed by atoms with Gasteiger partial charge in [-0.05, 0) is 31.5 Å². The quantitative estimate of drug-likeness (QED) is 0.474. The van der Waals surface area contributed by atoms with E-state index in [0.29, 0.717) is 11.3 Å². The van der Waals surface area contributed by atoms with Crippen LogP contribution in [-0.2, 0) is 4.74 Å². The number of hydrogen-bond donors (Lipinski definition) is 2. The van der Waals surface area contributed by atoms with Gasteiger partial charge < -0.3 is 15.2 Å². The standard InChI is InChI=1S/C18H20N2O5/c1-11-5-4-6-13(7-11)16(21)10-19-14-8-12(2)17(20(23)24)15(9-14)18(22)25-3/h4-9,16,19,21H,10H2,1-3H3. The molecule has 7 nitrogen and oxygen atoms in total. The number of nitrogens with one attached hydrogen (secondary N) is 1. The molecule has 1 atom stereocenters. The van der Waals surface area contributed by atoms with E-state index in [1.54, 1.807) is 13.0 Å². The van der Waals surface area contributed by atoms with Crippen LogP contribution in [-0.4, -0.2) is 29.7 Å². The summed E-state index contributed by atoms with van der Waals surface area (Å²) in [7, 11) is 1.17. The van der Waals surface area contributed by atoms with E-state index in [2.05, 4.69) is 10.1 Å². The number of benzene rings is 2. The second-order valence-corrected chi connectivity index (χ2v) is 5.75. The van der Waals surface area contributed by atoms with E-state index in [-0.39, 0.29) is 17.8 Å². The Balaban J connectivity index is 2.24. The molecule has 132 valence electrons. The number of carbonyl (C=O) groups excluding carboxylic acids is 1. The van der Waals surface area contributed by atoms with Gasteiger partial charge >= 0.3 is 5.97 Å². The molecular weight excluding hydrogens is 324 g/mol. The summed E-state index contributed by atoms with van der Waals surface area (Å²) in [6, 6.07) is 10.4. The highest BCUT2D eigenvalue weighted by Crippen LogP contribution is 2.28. The maximum absolute atomic E-state index is 11.8. The molecule has 0 radical (unpaired) electrons. The minimum Gasteiger partial charge on any atom is -0.465 e. The van der Waals surface area contributed by atoms with E-state index in [4.69, 9.17) is 0 Å². The fourth-order valence-corrected chi connectivity index (χ4v) is 2.60. The Bertz CT molecular complexity index is 804. The Kier molecular flexibility index (Phi) is 5.71. The zero-order valence-corrected chi connectivity index (χ0v) is 14.3. The molecule has 0 saturated carbocycles. The van der Waals surface area contributed by atoms with Crippen LogP contribution in [0.25, 0.3) is 0 Å². The number of nitrogens with zero attached hydrogens (tertiary/aromatic N) is 1. The van der Waals surface area contributed by atoms with Crippen molar-refractivity contribution in [2.45, 2.75) is 20.0 Å². The first-order valence-electron chi connectivity index (χ1n) is 7.69. The van der Waals surface area contributed by atoms with Gasteiger partial charge in [0.15, 0.2) is 0 Å². The van der Waals surface area contributed by atoms with Gasteiger partial charge in [0.05, 0.1) is 18.1 Å². The van der Waals surface area contributed by atoms with Gasteiger partial charge in [-0.15, -0.1) is 0 Å². The van der Waals surface area contributed by atoms with Crippen LogP contribution in [0.3, 0.4) is 0 Å². The predicted molar refractivity (Wildman–Crippen MR) is 93.8 cm³/mol. The molecule has 0 heterocycles. The highest BCUT2D eigenvalue weighted by molar-refractivity contribution is 5.95. The molecule has 2 rings (SSSR count). The predicted octanol–water partition coefficient (Wildman–Crippen LogP) is 3.14. The molecule has 25 heavy (non-hydrogen) atoms. The number of rotatable bonds is 6. The molecule has 2 N–H and O–H groups in total. The van der Waals surface area contributed by atoms with E-state index >= 15 is 0 Å². The van der Waals surface area contributed by atoms with Gasteiger partial charge in [-0.3, -0.25) is 10.1 Å². The molecule has 0 spiro atoms. The third kappa shape index (κ3) is 4.33. The van der Waals surface area contributed by atoms with Gasteiger partial charge in [-0.2, -0.15) is 0 Å². The Morgan fingerprint density at radius 3 is 2.64 bits per heavy atom. The van der Waals surface area contributed by atoms with Gasteiger partial charge in [0.2, 0.25) is 0 Å². The largest absolute Gasteiger partial charge is 0.465 e. The molecule has 2 aromatic rings. The lowest BCUT2D eigenvalue weighted by molar-refractivity contribution is -0.385. The minimum absolute atomic E-state index is 0.125. The van der Waals surface area contributed by atoms with Gasteiger partial charge in [0.25, 0.3) is 5.69 Å². The summed E-state index contributed by atoms with van der Waals surface area (Å²) in [4.78, 5) is 22.4. The average molecular weight is 344 g/mol. The Morgan fingerprint density at radius 2 is 2.04 bits per heavy atom. The first-order valence-corrected chi connectivity index (χ1v) is 7.69. The number of methoxy groups -OCH3 is 1. The molecule has 7 heteroatoms. The lowest BCUT2D eigenvalue weighted by Gasteiger charge is -2.15. The number of esters is 1. The van der Waals surface area contributed by atoms with Gasteiger partial charge in [-0.25, -0.2) is 4.79 Å². The van der Waals surface area contributed by atoms with Crippen molar-refractivity contribution in [3.05, 3.63) is 68.8 Å². The van der Waals surface area contributed by atoms with E-state index in [9.17, 15) is 20.0 Å². The average Bonchev–Trinajstić information content (AvgIpc) is 2.57. The monoisotopic (exact) mass is 344 g/mol. The van der Waals surface area contributed by atoms with Crippen molar-refractivity contribution in [1.82, 2.24) is 0 Å². The first kappa shape index (κ1) is 18.4. The molecule has 1 unspecified atom stereocenters. The third-order valence-electron chi connectivity index (χ3n) is 3.81. The van der Waals surface area contributed by atoms with Crippen LogP contribution in [0, 0.1) is 24.0 Å². The summed E-state index contributed by atoms with van der Waals surface area (Å²) in [6.07, 6.45) is -0.753. The van der Waals surface area contributed by atoms with Crippen LogP contribution in [0.1, 0.15) is 33.2 Å². The topological polar surface area (TPSA) is 102 Å². The summed E-state index contributed by atoms with van der Waals surface area (Å²) < 4.78 is 4.62.